The lowest BCUT2D eigenvalue weighted by Gasteiger charge is -2.19. The number of aryl methyl sites for hydroxylation is 1. The van der Waals surface area contributed by atoms with E-state index in [1.165, 1.54) is 0 Å². The van der Waals surface area contributed by atoms with Gasteiger partial charge in [-0.05, 0) is 18.2 Å². The van der Waals surface area contributed by atoms with Crippen LogP contribution in [0.25, 0.3) is 10.9 Å². The summed E-state index contributed by atoms with van der Waals surface area (Å²) in [6, 6.07) is 5.05. The highest BCUT2D eigenvalue weighted by molar-refractivity contribution is 5.94. The van der Waals surface area contributed by atoms with Crippen LogP contribution in [0.3, 0.4) is 0 Å². The minimum absolute atomic E-state index is 0.0688. The molecule has 0 saturated carbocycles. The zero-order chi connectivity index (χ0) is 12.8. The first-order valence-electron chi connectivity index (χ1n) is 5.51. The predicted molar refractivity (Wildman–Crippen MR) is 66.4 cm³/mol. The van der Waals surface area contributed by atoms with Crippen LogP contribution in [-0.4, -0.2) is 20.9 Å². The van der Waals surface area contributed by atoms with E-state index in [0.717, 1.165) is 16.6 Å². The fourth-order valence-electron chi connectivity index (χ4n) is 2.22. The molecular weight excluding hydrogens is 216 g/mol. The predicted octanol–water partition coefficient (Wildman–Crippen LogP) is 2.57. The topological polar surface area (TPSA) is 55.1 Å². The van der Waals surface area contributed by atoms with Crippen LogP contribution in [0, 0.1) is 0 Å². The first kappa shape index (κ1) is 11.6. The number of aromatic carboxylic acids is 1. The summed E-state index contributed by atoms with van der Waals surface area (Å²) in [4.78, 5) is 11.0. The van der Waals surface area contributed by atoms with E-state index in [1.807, 2.05) is 11.7 Å². The van der Waals surface area contributed by atoms with Gasteiger partial charge >= 0.3 is 5.97 Å². The number of fused-ring (bicyclic) bond motifs is 1. The van der Waals surface area contributed by atoms with E-state index in [1.54, 1.807) is 18.2 Å². The molecule has 0 spiro atoms. The first-order chi connectivity index (χ1) is 7.80. The van der Waals surface area contributed by atoms with Gasteiger partial charge in [0.15, 0.2) is 0 Å². The molecule has 0 atom stereocenters. The molecule has 4 nitrogen and oxygen atoms in total. The second-order valence-electron chi connectivity index (χ2n) is 5.26. The molecule has 1 heterocycles. The molecule has 0 aliphatic heterocycles. The Hall–Kier alpha value is -1.84. The van der Waals surface area contributed by atoms with Gasteiger partial charge in [0, 0.05) is 17.8 Å². The van der Waals surface area contributed by atoms with Crippen LogP contribution in [0.4, 0.5) is 0 Å². The maximum atomic E-state index is 11.0. The van der Waals surface area contributed by atoms with Gasteiger partial charge in [0.25, 0.3) is 0 Å². The van der Waals surface area contributed by atoms with Crippen molar-refractivity contribution >= 4 is 16.9 Å². The monoisotopic (exact) mass is 232 g/mol. The number of aromatic nitrogens is 2. The Morgan fingerprint density at radius 2 is 2.00 bits per heavy atom. The van der Waals surface area contributed by atoms with Crippen LogP contribution in [0.1, 0.15) is 36.8 Å². The number of carboxylic acid groups (broad SMARTS) is 1. The minimum atomic E-state index is -0.907. The lowest BCUT2D eigenvalue weighted by atomic mass is 9.89. The van der Waals surface area contributed by atoms with Crippen molar-refractivity contribution in [2.45, 2.75) is 26.2 Å². The highest BCUT2D eigenvalue weighted by Gasteiger charge is 2.22. The summed E-state index contributed by atoms with van der Waals surface area (Å²) in [5.74, 6) is -0.907. The number of benzene rings is 1. The van der Waals surface area contributed by atoms with E-state index in [9.17, 15) is 4.79 Å². The summed E-state index contributed by atoms with van der Waals surface area (Å²) in [5, 5.41) is 14.3. The Labute approximate surface area is 99.9 Å². The van der Waals surface area contributed by atoms with E-state index in [-0.39, 0.29) is 5.41 Å². The van der Waals surface area contributed by atoms with E-state index >= 15 is 0 Å². The van der Waals surface area contributed by atoms with Crippen molar-refractivity contribution in [3.63, 3.8) is 0 Å². The fraction of sp³-hybridized carbons (Fsp3) is 0.385. The van der Waals surface area contributed by atoms with Crippen molar-refractivity contribution in [2.24, 2.45) is 7.05 Å². The molecule has 0 radical (unpaired) electrons. The van der Waals surface area contributed by atoms with Gasteiger partial charge in [0.2, 0.25) is 0 Å². The van der Waals surface area contributed by atoms with Gasteiger partial charge in [-0.3, -0.25) is 4.68 Å². The molecule has 0 aliphatic rings. The third-order valence-corrected chi connectivity index (χ3v) is 2.79. The zero-order valence-corrected chi connectivity index (χ0v) is 10.5. The van der Waals surface area contributed by atoms with Crippen LogP contribution in [-0.2, 0) is 12.5 Å². The Kier molecular flexibility index (Phi) is 2.45. The molecule has 1 N–H and O–H groups in total. The smallest absolute Gasteiger partial charge is 0.335 e. The van der Waals surface area contributed by atoms with Gasteiger partial charge in [-0.2, -0.15) is 5.10 Å². The third kappa shape index (κ3) is 1.90. The molecule has 1 aromatic carbocycles. The molecule has 0 bridgehead atoms. The Balaban J connectivity index is 2.78. The molecule has 1 aromatic heterocycles. The Morgan fingerprint density at radius 3 is 2.53 bits per heavy atom. The molecule has 0 saturated heterocycles. The van der Waals surface area contributed by atoms with Crippen molar-refractivity contribution < 1.29 is 9.90 Å². The summed E-state index contributed by atoms with van der Waals surface area (Å²) >= 11 is 0. The summed E-state index contributed by atoms with van der Waals surface area (Å²) in [5.41, 5.74) is 2.12. The second kappa shape index (κ2) is 3.58. The summed E-state index contributed by atoms with van der Waals surface area (Å²) in [6.45, 7) is 6.28. The average molecular weight is 232 g/mol. The van der Waals surface area contributed by atoms with Gasteiger partial charge in [-0.15, -0.1) is 0 Å². The molecule has 0 fully saturated rings. The molecule has 0 amide bonds. The van der Waals surface area contributed by atoms with E-state index in [4.69, 9.17) is 5.11 Å². The highest BCUT2D eigenvalue weighted by atomic mass is 16.4. The quantitative estimate of drug-likeness (QED) is 0.822. The number of hydrogen-bond donors (Lipinski definition) is 1. The molecule has 2 aromatic rings. The number of hydrogen-bond acceptors (Lipinski definition) is 2. The molecule has 0 aliphatic carbocycles. The maximum Gasteiger partial charge on any atom is 0.335 e. The van der Waals surface area contributed by atoms with Crippen molar-refractivity contribution in [3.8, 4) is 0 Å². The minimum Gasteiger partial charge on any atom is -0.478 e. The maximum absolute atomic E-state index is 11.0. The van der Waals surface area contributed by atoms with Gasteiger partial charge in [-0.25, -0.2) is 4.79 Å². The number of carboxylic acids is 1. The molecule has 17 heavy (non-hydrogen) atoms. The molecule has 0 unspecified atom stereocenters. The number of nitrogens with zero attached hydrogens (tertiary/aromatic N) is 2. The van der Waals surface area contributed by atoms with E-state index in [0.29, 0.717) is 5.56 Å². The summed E-state index contributed by atoms with van der Waals surface area (Å²) in [7, 11) is 1.89. The zero-order valence-electron chi connectivity index (χ0n) is 10.5. The standard InChI is InChI=1S/C13H16N2O2/c1-13(2,3)11-9-7-8(12(16)17)5-6-10(9)14-15(11)4/h5-7H,1-4H3,(H,16,17). The van der Waals surface area contributed by atoms with Crippen LogP contribution >= 0.6 is 0 Å². The SMILES string of the molecule is Cn1nc2ccc(C(=O)O)cc2c1C(C)(C)C. The molecule has 90 valence electrons. The lowest BCUT2D eigenvalue weighted by Crippen LogP contribution is -2.16. The second-order valence-corrected chi connectivity index (χ2v) is 5.26. The van der Waals surface area contributed by atoms with Crippen LogP contribution < -0.4 is 0 Å². The normalized spacial score (nSPS) is 12.0. The lowest BCUT2D eigenvalue weighted by molar-refractivity contribution is 0.0697. The van der Waals surface area contributed by atoms with Crippen LogP contribution in [0.5, 0.6) is 0 Å². The van der Waals surface area contributed by atoms with Crippen LogP contribution in [0.15, 0.2) is 18.2 Å². The number of carbonyl (C=O) groups is 1. The number of rotatable bonds is 1. The Morgan fingerprint density at radius 1 is 1.35 bits per heavy atom. The van der Waals surface area contributed by atoms with Gasteiger partial charge < -0.3 is 5.11 Å². The third-order valence-electron chi connectivity index (χ3n) is 2.79. The van der Waals surface area contributed by atoms with Gasteiger partial charge in [-0.1, -0.05) is 20.8 Å². The Bertz CT molecular complexity index is 591. The van der Waals surface area contributed by atoms with Gasteiger partial charge in [0.1, 0.15) is 0 Å². The van der Waals surface area contributed by atoms with Gasteiger partial charge in [0.05, 0.1) is 16.8 Å². The average Bonchev–Trinajstić information content (AvgIpc) is 2.51. The van der Waals surface area contributed by atoms with E-state index in [2.05, 4.69) is 25.9 Å². The highest BCUT2D eigenvalue weighted by Crippen LogP contribution is 2.30. The summed E-state index contributed by atoms with van der Waals surface area (Å²) in [6.07, 6.45) is 0. The van der Waals surface area contributed by atoms with Crippen molar-refractivity contribution in [2.75, 3.05) is 0 Å². The van der Waals surface area contributed by atoms with Crippen molar-refractivity contribution in [1.29, 1.82) is 0 Å². The molecular formula is C13H16N2O2. The fourth-order valence-corrected chi connectivity index (χ4v) is 2.22. The summed E-state index contributed by atoms with van der Waals surface area (Å²) < 4.78 is 1.83. The largest absolute Gasteiger partial charge is 0.478 e. The van der Waals surface area contributed by atoms with E-state index < -0.39 is 5.97 Å². The van der Waals surface area contributed by atoms with Crippen LogP contribution in [0.2, 0.25) is 0 Å². The molecule has 2 rings (SSSR count). The molecule has 4 heteroatoms. The first-order valence-corrected chi connectivity index (χ1v) is 5.51. The van der Waals surface area contributed by atoms with Crippen molar-refractivity contribution in [1.82, 2.24) is 9.78 Å². The van der Waals surface area contributed by atoms with Crippen molar-refractivity contribution in [3.05, 3.63) is 29.5 Å².